The van der Waals surface area contributed by atoms with E-state index in [1.807, 2.05) is 44.2 Å². The molecule has 2 aromatic carbocycles. The topological polar surface area (TPSA) is 81.2 Å². The summed E-state index contributed by atoms with van der Waals surface area (Å²) in [7, 11) is -3.81. The van der Waals surface area contributed by atoms with Crippen molar-refractivity contribution in [1.29, 1.82) is 0 Å². The van der Waals surface area contributed by atoms with E-state index in [9.17, 15) is 8.42 Å². The maximum atomic E-state index is 13.0. The second kappa shape index (κ2) is 7.09. The van der Waals surface area contributed by atoms with E-state index in [0.717, 1.165) is 41.5 Å². The van der Waals surface area contributed by atoms with Gasteiger partial charge < -0.3 is 4.74 Å². The molecule has 2 atom stereocenters. The molecule has 1 aliphatic heterocycles. The fourth-order valence-electron chi connectivity index (χ4n) is 4.51. The molecule has 1 N–H and O–H groups in total. The molecule has 2 heterocycles. The van der Waals surface area contributed by atoms with E-state index < -0.39 is 10.0 Å². The third-order valence-corrected chi connectivity index (χ3v) is 7.30. The first-order valence-electron chi connectivity index (χ1n) is 10.1. The van der Waals surface area contributed by atoms with Gasteiger partial charge in [0, 0.05) is 11.6 Å². The zero-order chi connectivity index (χ0) is 20.9. The lowest BCUT2D eigenvalue weighted by molar-refractivity contribution is 0.199. The summed E-state index contributed by atoms with van der Waals surface area (Å²) in [5, 5.41) is 0. The monoisotopic (exact) mass is 421 g/mol. The number of benzene rings is 2. The molecule has 2 aliphatic rings. The van der Waals surface area contributed by atoms with Gasteiger partial charge in [-0.3, -0.25) is 0 Å². The van der Waals surface area contributed by atoms with E-state index in [-0.39, 0.29) is 22.9 Å². The van der Waals surface area contributed by atoms with Gasteiger partial charge in [0.1, 0.15) is 6.10 Å². The standard InChI is InChI=1S/C23H23N3O3S/c1-14-5-3-6-15(2)22(14)20-13-21-25-23(24-20)26-30(27,28)19-8-4-7-16(12-19)17-9-10-18(11-17)29-21/h3-8,12-13,17-18H,9-11H2,1-2H3,(H,24,25,26)/t17?,18-/m0/s1. The Hall–Kier alpha value is -2.93. The quantitative estimate of drug-likeness (QED) is 0.622. The summed E-state index contributed by atoms with van der Waals surface area (Å²) in [6.07, 6.45) is 2.76. The lowest BCUT2D eigenvalue weighted by Gasteiger charge is -2.18. The molecule has 0 radical (unpaired) electrons. The highest BCUT2D eigenvalue weighted by Crippen LogP contribution is 2.38. The van der Waals surface area contributed by atoms with Gasteiger partial charge in [0.15, 0.2) is 0 Å². The summed E-state index contributed by atoms with van der Waals surface area (Å²) in [4.78, 5) is 9.15. The number of nitrogens with zero attached hydrogens (tertiary/aromatic N) is 2. The van der Waals surface area contributed by atoms with E-state index in [2.05, 4.69) is 14.7 Å². The fourth-order valence-corrected chi connectivity index (χ4v) is 5.51. The highest BCUT2D eigenvalue weighted by molar-refractivity contribution is 7.92. The lowest BCUT2D eigenvalue weighted by atomic mass is 9.98. The summed E-state index contributed by atoms with van der Waals surface area (Å²) in [5.41, 5.74) is 4.76. The van der Waals surface area contributed by atoms with E-state index in [4.69, 9.17) is 4.74 Å². The van der Waals surface area contributed by atoms with Crippen LogP contribution in [0.5, 0.6) is 5.88 Å². The average Bonchev–Trinajstić information content (AvgIpc) is 3.15. The van der Waals surface area contributed by atoms with Crippen LogP contribution in [0.25, 0.3) is 11.3 Å². The number of hydrogen-bond donors (Lipinski definition) is 1. The van der Waals surface area contributed by atoms with Gasteiger partial charge in [-0.05, 0) is 67.9 Å². The first kappa shape index (κ1) is 19.1. The van der Waals surface area contributed by atoms with Crippen LogP contribution >= 0.6 is 0 Å². The molecule has 7 heteroatoms. The van der Waals surface area contributed by atoms with Gasteiger partial charge in [-0.1, -0.05) is 30.3 Å². The van der Waals surface area contributed by atoms with Crippen LogP contribution in [-0.4, -0.2) is 24.5 Å². The first-order chi connectivity index (χ1) is 14.4. The smallest absolute Gasteiger partial charge is 0.264 e. The molecule has 0 amide bonds. The molecule has 1 aliphatic carbocycles. The number of hydrogen-bond acceptors (Lipinski definition) is 5. The Morgan fingerprint density at radius 2 is 1.77 bits per heavy atom. The zero-order valence-corrected chi connectivity index (χ0v) is 17.7. The van der Waals surface area contributed by atoms with E-state index >= 15 is 0 Å². The van der Waals surface area contributed by atoms with Gasteiger partial charge in [0.05, 0.1) is 10.6 Å². The molecule has 6 nitrogen and oxygen atoms in total. The zero-order valence-electron chi connectivity index (χ0n) is 16.9. The average molecular weight is 422 g/mol. The van der Waals surface area contributed by atoms with Crippen molar-refractivity contribution < 1.29 is 13.2 Å². The highest BCUT2D eigenvalue weighted by Gasteiger charge is 2.30. The Morgan fingerprint density at radius 3 is 2.57 bits per heavy atom. The molecule has 5 rings (SSSR count). The molecule has 0 spiro atoms. The van der Waals surface area contributed by atoms with Crippen molar-refractivity contribution in [3.8, 4) is 17.1 Å². The maximum absolute atomic E-state index is 13.0. The number of nitrogens with one attached hydrogen (secondary N) is 1. The van der Waals surface area contributed by atoms with Crippen molar-refractivity contribution in [3.05, 3.63) is 65.2 Å². The van der Waals surface area contributed by atoms with Crippen LogP contribution in [0.3, 0.4) is 0 Å². The van der Waals surface area contributed by atoms with Gasteiger partial charge in [-0.2, -0.15) is 4.98 Å². The van der Waals surface area contributed by atoms with Crippen LogP contribution in [-0.2, 0) is 10.0 Å². The molecule has 1 fully saturated rings. The van der Waals surface area contributed by atoms with Crippen LogP contribution < -0.4 is 9.46 Å². The third-order valence-electron chi connectivity index (χ3n) is 5.98. The Bertz CT molecular complexity index is 1220. The van der Waals surface area contributed by atoms with Gasteiger partial charge in [0.2, 0.25) is 11.8 Å². The number of aryl methyl sites for hydroxylation is 2. The molecule has 1 saturated carbocycles. The van der Waals surface area contributed by atoms with Crippen molar-refractivity contribution in [2.75, 3.05) is 4.72 Å². The van der Waals surface area contributed by atoms with E-state index in [1.54, 1.807) is 18.2 Å². The number of ether oxygens (including phenoxy) is 1. The molecule has 1 aromatic heterocycles. The fraction of sp³-hybridized carbons (Fsp3) is 0.304. The molecule has 1 unspecified atom stereocenters. The van der Waals surface area contributed by atoms with Crippen molar-refractivity contribution in [3.63, 3.8) is 0 Å². The number of sulfonamides is 1. The molecule has 30 heavy (non-hydrogen) atoms. The van der Waals surface area contributed by atoms with Crippen molar-refractivity contribution >= 4 is 16.0 Å². The maximum Gasteiger partial charge on any atom is 0.264 e. The molecular formula is C23H23N3O3S. The predicted molar refractivity (Wildman–Crippen MR) is 115 cm³/mol. The van der Waals surface area contributed by atoms with Crippen LogP contribution in [0.4, 0.5) is 5.95 Å². The number of aromatic nitrogens is 2. The Labute approximate surface area is 176 Å². The predicted octanol–water partition coefficient (Wildman–Crippen LogP) is 4.59. The Kier molecular flexibility index (Phi) is 4.50. The molecule has 6 bridgehead atoms. The van der Waals surface area contributed by atoms with Crippen molar-refractivity contribution in [2.24, 2.45) is 0 Å². The second-order valence-corrected chi connectivity index (χ2v) is 9.79. The van der Waals surface area contributed by atoms with Crippen LogP contribution in [0, 0.1) is 13.8 Å². The SMILES string of the molecule is Cc1cccc(C)c1-c1cc2nc(n1)NS(=O)(=O)c1cccc(c1)C1CC[C@@H](C1)O2. The summed E-state index contributed by atoms with van der Waals surface area (Å²) in [5.74, 6) is 0.699. The minimum atomic E-state index is -3.81. The largest absolute Gasteiger partial charge is 0.474 e. The normalized spacial score (nSPS) is 21.7. The summed E-state index contributed by atoms with van der Waals surface area (Å²) >= 11 is 0. The third kappa shape index (κ3) is 3.43. The summed E-state index contributed by atoms with van der Waals surface area (Å²) in [6.45, 7) is 4.03. The molecule has 0 saturated heterocycles. The van der Waals surface area contributed by atoms with Gasteiger partial charge in [0.25, 0.3) is 10.0 Å². The summed E-state index contributed by atoms with van der Waals surface area (Å²) < 4.78 is 34.9. The number of anilines is 1. The van der Waals surface area contributed by atoms with Crippen molar-refractivity contribution in [1.82, 2.24) is 9.97 Å². The van der Waals surface area contributed by atoms with Gasteiger partial charge in [-0.25, -0.2) is 18.1 Å². The van der Waals surface area contributed by atoms with Crippen LogP contribution in [0.2, 0.25) is 0 Å². The Balaban J connectivity index is 1.68. The summed E-state index contributed by atoms with van der Waals surface area (Å²) in [6, 6.07) is 15.0. The van der Waals surface area contributed by atoms with E-state index in [1.165, 1.54) is 0 Å². The minimum absolute atomic E-state index is 0.0191. The van der Waals surface area contributed by atoms with Crippen LogP contribution in [0.15, 0.2) is 53.4 Å². The highest BCUT2D eigenvalue weighted by atomic mass is 32.2. The first-order valence-corrected chi connectivity index (χ1v) is 11.6. The molecule has 3 aromatic rings. The Morgan fingerprint density at radius 1 is 1.00 bits per heavy atom. The number of rotatable bonds is 1. The van der Waals surface area contributed by atoms with Crippen LogP contribution in [0.1, 0.15) is 41.9 Å². The van der Waals surface area contributed by atoms with Gasteiger partial charge in [-0.15, -0.1) is 0 Å². The lowest BCUT2D eigenvalue weighted by Crippen LogP contribution is -2.18. The van der Waals surface area contributed by atoms with Crippen molar-refractivity contribution in [2.45, 2.75) is 50.0 Å². The minimum Gasteiger partial charge on any atom is -0.474 e. The molecular weight excluding hydrogens is 398 g/mol. The second-order valence-electron chi connectivity index (χ2n) is 8.11. The molecule has 154 valence electrons. The van der Waals surface area contributed by atoms with E-state index in [0.29, 0.717) is 11.6 Å². The van der Waals surface area contributed by atoms with Gasteiger partial charge >= 0.3 is 0 Å². The number of fused-ring (bicyclic) bond motifs is 7.